The monoisotopic (exact) mass is 498 g/mol. The SMILES string of the molecule is COc1ccc(-c2ccc(O)c3c2CC(CC(CCO)C(CO)C(=O)CC(N)=O)CC3=O)cc1CN. The molecule has 0 bridgehead atoms. The summed E-state index contributed by atoms with van der Waals surface area (Å²) >= 11 is 0. The zero-order valence-electron chi connectivity index (χ0n) is 20.4. The summed E-state index contributed by atoms with van der Waals surface area (Å²) in [7, 11) is 1.57. The molecule has 0 fully saturated rings. The number of phenolic OH excluding ortho intramolecular Hbond substituents is 1. The fourth-order valence-corrected chi connectivity index (χ4v) is 5.32. The van der Waals surface area contributed by atoms with Crippen LogP contribution in [0.25, 0.3) is 11.1 Å². The first-order chi connectivity index (χ1) is 17.2. The fraction of sp³-hybridized carbons (Fsp3) is 0.444. The van der Waals surface area contributed by atoms with Gasteiger partial charge in [-0.15, -0.1) is 0 Å². The number of aliphatic hydroxyl groups is 2. The second-order valence-electron chi connectivity index (χ2n) is 9.32. The van der Waals surface area contributed by atoms with Crippen molar-refractivity contribution in [1.29, 1.82) is 0 Å². The molecule has 9 nitrogen and oxygen atoms in total. The molecule has 0 radical (unpaired) electrons. The lowest BCUT2D eigenvalue weighted by molar-refractivity contribution is -0.131. The van der Waals surface area contributed by atoms with Crippen molar-refractivity contribution in [2.75, 3.05) is 20.3 Å². The molecule has 7 N–H and O–H groups in total. The highest BCUT2D eigenvalue weighted by atomic mass is 16.5. The van der Waals surface area contributed by atoms with Gasteiger partial charge in [0.25, 0.3) is 0 Å². The van der Waals surface area contributed by atoms with Crippen LogP contribution in [0.2, 0.25) is 0 Å². The summed E-state index contributed by atoms with van der Waals surface area (Å²) in [6, 6.07) is 8.87. The summed E-state index contributed by atoms with van der Waals surface area (Å²) in [5.74, 6) is -2.37. The molecule has 0 saturated carbocycles. The third-order valence-corrected chi connectivity index (χ3v) is 7.01. The molecule has 3 rings (SSSR count). The predicted molar refractivity (Wildman–Crippen MR) is 133 cm³/mol. The predicted octanol–water partition coefficient (Wildman–Crippen LogP) is 1.71. The Morgan fingerprint density at radius 2 is 1.92 bits per heavy atom. The van der Waals surface area contributed by atoms with E-state index in [0.717, 1.165) is 16.7 Å². The third-order valence-electron chi connectivity index (χ3n) is 7.01. The maximum atomic E-state index is 13.2. The number of methoxy groups -OCH3 is 1. The number of benzene rings is 2. The van der Waals surface area contributed by atoms with Crippen LogP contribution in [-0.2, 0) is 22.6 Å². The molecule has 1 aliphatic rings. The van der Waals surface area contributed by atoms with Gasteiger partial charge in [-0.2, -0.15) is 0 Å². The minimum Gasteiger partial charge on any atom is -0.507 e. The normalized spacial score (nSPS) is 16.8. The van der Waals surface area contributed by atoms with Crippen molar-refractivity contribution < 1.29 is 34.4 Å². The first-order valence-electron chi connectivity index (χ1n) is 12.0. The minimum atomic E-state index is -0.863. The highest BCUT2D eigenvalue weighted by molar-refractivity contribution is 6.03. The summed E-state index contributed by atoms with van der Waals surface area (Å²) in [4.78, 5) is 37.0. The molecular formula is C27H34N2O7. The Kier molecular flexibility index (Phi) is 9.19. The number of phenols is 1. The third kappa shape index (κ3) is 5.92. The van der Waals surface area contributed by atoms with Crippen LogP contribution in [0.15, 0.2) is 30.3 Å². The Morgan fingerprint density at radius 3 is 2.53 bits per heavy atom. The van der Waals surface area contributed by atoms with Crippen molar-refractivity contribution in [2.24, 2.45) is 29.2 Å². The highest BCUT2D eigenvalue weighted by Gasteiger charge is 2.35. The summed E-state index contributed by atoms with van der Waals surface area (Å²) in [5, 5.41) is 30.0. The lowest BCUT2D eigenvalue weighted by Gasteiger charge is -2.31. The van der Waals surface area contributed by atoms with Crippen molar-refractivity contribution in [2.45, 2.75) is 38.6 Å². The van der Waals surface area contributed by atoms with Crippen LogP contribution in [0.4, 0.5) is 0 Å². The summed E-state index contributed by atoms with van der Waals surface area (Å²) < 4.78 is 5.36. The molecule has 3 atom stereocenters. The quantitative estimate of drug-likeness (QED) is 0.275. The number of hydrogen-bond donors (Lipinski definition) is 5. The molecule has 0 saturated heterocycles. The van der Waals surface area contributed by atoms with E-state index < -0.39 is 36.6 Å². The Labute approximate surface area is 210 Å². The second-order valence-corrected chi connectivity index (χ2v) is 9.32. The lowest BCUT2D eigenvalue weighted by atomic mass is 9.72. The molecule has 194 valence electrons. The van der Waals surface area contributed by atoms with E-state index in [4.69, 9.17) is 16.2 Å². The van der Waals surface area contributed by atoms with E-state index in [-0.39, 0.29) is 49.0 Å². The molecule has 9 heteroatoms. The molecule has 0 aliphatic heterocycles. The average Bonchev–Trinajstić information content (AvgIpc) is 2.83. The van der Waals surface area contributed by atoms with Crippen LogP contribution in [0, 0.1) is 17.8 Å². The van der Waals surface area contributed by atoms with Crippen molar-refractivity contribution in [3.63, 3.8) is 0 Å². The minimum absolute atomic E-state index is 0.0819. The van der Waals surface area contributed by atoms with Gasteiger partial charge in [-0.05, 0) is 66.0 Å². The van der Waals surface area contributed by atoms with Crippen molar-refractivity contribution >= 4 is 17.5 Å². The number of aliphatic hydroxyl groups excluding tert-OH is 2. The van der Waals surface area contributed by atoms with Gasteiger partial charge in [0.1, 0.15) is 17.3 Å². The molecule has 0 spiro atoms. The topological polar surface area (TPSA) is 173 Å². The number of ether oxygens (including phenoxy) is 1. The van der Waals surface area contributed by atoms with Gasteiger partial charge in [0, 0.05) is 31.1 Å². The molecule has 1 amide bonds. The lowest BCUT2D eigenvalue weighted by Crippen LogP contribution is -2.33. The number of primary amides is 1. The van der Waals surface area contributed by atoms with Gasteiger partial charge in [0.05, 0.1) is 25.7 Å². The number of nitrogens with two attached hydrogens (primary N) is 2. The molecule has 1 aliphatic carbocycles. The van der Waals surface area contributed by atoms with Crippen LogP contribution >= 0.6 is 0 Å². The average molecular weight is 499 g/mol. The molecule has 3 unspecified atom stereocenters. The Balaban J connectivity index is 1.96. The summed E-state index contributed by atoms with van der Waals surface area (Å²) in [5.41, 5.74) is 14.5. The van der Waals surface area contributed by atoms with Gasteiger partial charge in [0.15, 0.2) is 5.78 Å². The maximum Gasteiger partial charge on any atom is 0.224 e. The number of hydrogen-bond acceptors (Lipinski definition) is 8. The number of fused-ring (bicyclic) bond motifs is 1. The Bertz CT molecular complexity index is 1130. The van der Waals surface area contributed by atoms with E-state index in [2.05, 4.69) is 0 Å². The number of carbonyl (C=O) groups is 3. The van der Waals surface area contributed by atoms with Gasteiger partial charge in [-0.25, -0.2) is 0 Å². The van der Waals surface area contributed by atoms with E-state index in [1.807, 2.05) is 18.2 Å². The van der Waals surface area contributed by atoms with Crippen LogP contribution in [0.1, 0.15) is 47.2 Å². The summed E-state index contributed by atoms with van der Waals surface area (Å²) in [6.45, 7) is -0.417. The largest absolute Gasteiger partial charge is 0.507 e. The van der Waals surface area contributed by atoms with Crippen molar-refractivity contribution in [1.82, 2.24) is 0 Å². The van der Waals surface area contributed by atoms with Crippen LogP contribution in [-0.4, -0.2) is 53.1 Å². The van der Waals surface area contributed by atoms with Crippen LogP contribution in [0.3, 0.4) is 0 Å². The second kappa shape index (κ2) is 12.1. The van der Waals surface area contributed by atoms with E-state index in [0.29, 0.717) is 24.2 Å². The molecule has 36 heavy (non-hydrogen) atoms. The molecule has 2 aromatic rings. The number of aromatic hydroxyl groups is 1. The first-order valence-corrected chi connectivity index (χ1v) is 12.0. The number of ketones is 2. The molecule has 2 aromatic carbocycles. The molecular weight excluding hydrogens is 464 g/mol. The van der Waals surface area contributed by atoms with Crippen molar-refractivity contribution in [3.8, 4) is 22.6 Å². The fourth-order valence-electron chi connectivity index (χ4n) is 5.32. The van der Waals surface area contributed by atoms with Crippen molar-refractivity contribution in [3.05, 3.63) is 47.0 Å². The van der Waals surface area contributed by atoms with E-state index in [9.17, 15) is 29.7 Å². The van der Waals surface area contributed by atoms with E-state index in [1.54, 1.807) is 13.2 Å². The van der Waals surface area contributed by atoms with Crippen LogP contribution in [0.5, 0.6) is 11.5 Å². The van der Waals surface area contributed by atoms with Gasteiger partial charge in [-0.1, -0.05) is 12.1 Å². The standard InChI is InChI=1S/C27H34N2O7/c1-36-25-5-2-16(11-18(25)13-28)19-3-4-22(32)27-20(19)9-15(10-24(27)34)8-17(6-7-30)21(14-31)23(33)12-26(29)35/h2-5,11,15,17,21,30-32H,6-10,12-14,28H2,1H3,(H2,29,35). The zero-order valence-corrected chi connectivity index (χ0v) is 20.4. The van der Waals surface area contributed by atoms with Gasteiger partial charge < -0.3 is 31.5 Å². The highest BCUT2D eigenvalue weighted by Crippen LogP contribution is 2.41. The number of Topliss-reactive ketones (excluding diaryl/α,β-unsaturated/α-hetero) is 2. The van der Waals surface area contributed by atoms with E-state index >= 15 is 0 Å². The van der Waals surface area contributed by atoms with Crippen LogP contribution < -0.4 is 16.2 Å². The molecule has 0 aromatic heterocycles. The zero-order chi connectivity index (χ0) is 26.4. The van der Waals surface area contributed by atoms with E-state index in [1.165, 1.54) is 6.07 Å². The van der Waals surface area contributed by atoms with Gasteiger partial charge in [0.2, 0.25) is 5.91 Å². The Hall–Kier alpha value is -3.27. The maximum absolute atomic E-state index is 13.2. The van der Waals surface area contributed by atoms with Gasteiger partial charge in [-0.3, -0.25) is 14.4 Å². The number of rotatable bonds is 12. The number of carbonyl (C=O) groups excluding carboxylic acids is 3. The molecule has 0 heterocycles. The summed E-state index contributed by atoms with van der Waals surface area (Å²) in [6.07, 6.45) is 0.744. The number of amides is 1. The Morgan fingerprint density at radius 1 is 1.17 bits per heavy atom. The smallest absolute Gasteiger partial charge is 0.224 e. The van der Waals surface area contributed by atoms with Gasteiger partial charge >= 0.3 is 0 Å². The first kappa shape index (κ1) is 27.3.